The quantitative estimate of drug-likeness (QED) is 0.651. The Morgan fingerprint density at radius 2 is 2.00 bits per heavy atom. The van der Waals surface area contributed by atoms with Crippen molar-refractivity contribution in [2.24, 2.45) is 0 Å². The molecule has 1 fully saturated rings. The second-order valence-corrected chi connectivity index (χ2v) is 3.65. The van der Waals surface area contributed by atoms with Crippen LogP contribution in [0.25, 0.3) is 0 Å². The number of halogens is 2. The molecule has 0 saturated carbocycles. The number of aromatic amines is 1. The first-order valence-electron chi connectivity index (χ1n) is 6.07. The van der Waals surface area contributed by atoms with E-state index in [-0.39, 0.29) is 6.29 Å². The zero-order valence-electron chi connectivity index (χ0n) is 11.6. The number of alkyl halides is 2. The Balaban J connectivity index is 0.000000921. The SMILES string of the molecule is C#C.CC.O=CC1CC(F)(F)C(n2ccc(=O)[nH]c2=O)O1. The van der Waals surface area contributed by atoms with Crippen molar-refractivity contribution in [1.29, 1.82) is 0 Å². The lowest BCUT2D eigenvalue weighted by Crippen LogP contribution is -2.37. The highest BCUT2D eigenvalue weighted by Gasteiger charge is 2.51. The molecule has 0 spiro atoms. The van der Waals surface area contributed by atoms with Gasteiger partial charge in [-0.25, -0.2) is 13.6 Å². The number of hydrogen-bond acceptors (Lipinski definition) is 4. The molecule has 0 radical (unpaired) electrons. The Bertz CT molecular complexity index is 592. The van der Waals surface area contributed by atoms with Crippen LogP contribution in [0.15, 0.2) is 21.9 Å². The van der Waals surface area contributed by atoms with Gasteiger partial charge in [0.15, 0.2) is 0 Å². The maximum atomic E-state index is 13.5. The molecular formula is C13H16F2N2O4. The first-order chi connectivity index (χ1) is 9.94. The van der Waals surface area contributed by atoms with E-state index in [4.69, 9.17) is 4.74 Å². The number of nitrogens with one attached hydrogen (secondary N) is 1. The number of hydrogen-bond donors (Lipinski definition) is 1. The van der Waals surface area contributed by atoms with Crippen LogP contribution >= 0.6 is 0 Å². The molecule has 0 amide bonds. The molecule has 1 aliphatic rings. The Labute approximate surface area is 119 Å². The number of rotatable bonds is 2. The van der Waals surface area contributed by atoms with Crippen molar-refractivity contribution < 1.29 is 18.3 Å². The number of ether oxygens (including phenoxy) is 1. The van der Waals surface area contributed by atoms with Crippen LogP contribution in [0, 0.1) is 12.8 Å². The molecule has 1 aromatic rings. The highest BCUT2D eigenvalue weighted by molar-refractivity contribution is 5.56. The Morgan fingerprint density at radius 1 is 1.43 bits per heavy atom. The van der Waals surface area contributed by atoms with Crippen molar-refractivity contribution in [3.8, 4) is 12.8 Å². The van der Waals surface area contributed by atoms with Crippen molar-refractivity contribution in [3.63, 3.8) is 0 Å². The van der Waals surface area contributed by atoms with E-state index in [0.717, 1.165) is 12.3 Å². The fraction of sp³-hybridized carbons (Fsp3) is 0.462. The summed E-state index contributed by atoms with van der Waals surface area (Å²) in [4.78, 5) is 34.3. The maximum absolute atomic E-state index is 13.5. The molecule has 2 heterocycles. The highest BCUT2D eigenvalue weighted by Crippen LogP contribution is 2.40. The van der Waals surface area contributed by atoms with Gasteiger partial charge in [0.2, 0.25) is 6.23 Å². The summed E-state index contributed by atoms with van der Waals surface area (Å²) in [5.74, 6) is -3.34. The predicted molar refractivity (Wildman–Crippen MR) is 72.1 cm³/mol. The van der Waals surface area contributed by atoms with Crippen LogP contribution in [0.5, 0.6) is 0 Å². The molecular weight excluding hydrogens is 286 g/mol. The third kappa shape index (κ3) is 4.36. The lowest BCUT2D eigenvalue weighted by molar-refractivity contribution is -0.129. The van der Waals surface area contributed by atoms with Crippen molar-refractivity contribution in [1.82, 2.24) is 9.55 Å². The van der Waals surface area contributed by atoms with Gasteiger partial charge in [-0.05, 0) is 0 Å². The normalized spacial score (nSPS) is 22.2. The fourth-order valence-electron chi connectivity index (χ4n) is 1.64. The van der Waals surface area contributed by atoms with E-state index < -0.39 is 35.9 Å². The minimum atomic E-state index is -3.34. The van der Waals surface area contributed by atoms with Crippen LogP contribution in [0.2, 0.25) is 0 Å². The van der Waals surface area contributed by atoms with Crippen molar-refractivity contribution in [3.05, 3.63) is 33.1 Å². The van der Waals surface area contributed by atoms with E-state index in [2.05, 4.69) is 12.8 Å². The van der Waals surface area contributed by atoms with Crippen LogP contribution in [0.4, 0.5) is 8.78 Å². The van der Waals surface area contributed by atoms with Gasteiger partial charge >= 0.3 is 5.69 Å². The molecule has 1 aromatic heterocycles. The molecule has 0 bridgehead atoms. The van der Waals surface area contributed by atoms with Crippen LogP contribution in [0.3, 0.4) is 0 Å². The predicted octanol–water partition coefficient (Wildman–Crippen LogP) is 0.934. The number of aldehydes is 1. The molecule has 1 aliphatic heterocycles. The van der Waals surface area contributed by atoms with Gasteiger partial charge in [0.1, 0.15) is 12.4 Å². The van der Waals surface area contributed by atoms with Gasteiger partial charge in [0.05, 0.1) is 0 Å². The molecule has 2 unspecified atom stereocenters. The van der Waals surface area contributed by atoms with Crippen LogP contribution in [-0.4, -0.2) is 27.9 Å². The second-order valence-electron chi connectivity index (χ2n) is 3.65. The largest absolute Gasteiger partial charge is 0.341 e. The van der Waals surface area contributed by atoms with Gasteiger partial charge in [-0.2, -0.15) is 0 Å². The number of carbonyl (C=O) groups is 1. The first kappa shape index (κ1) is 18.7. The molecule has 8 heteroatoms. The Hall–Kier alpha value is -2.27. The topological polar surface area (TPSA) is 81.2 Å². The van der Waals surface area contributed by atoms with E-state index in [0.29, 0.717) is 4.57 Å². The summed E-state index contributed by atoms with van der Waals surface area (Å²) in [7, 11) is 0. The summed E-state index contributed by atoms with van der Waals surface area (Å²) < 4.78 is 32.3. The third-order valence-corrected chi connectivity index (χ3v) is 2.39. The minimum absolute atomic E-state index is 0.255. The minimum Gasteiger partial charge on any atom is -0.341 e. The van der Waals surface area contributed by atoms with E-state index in [1.54, 1.807) is 0 Å². The monoisotopic (exact) mass is 302 g/mol. The van der Waals surface area contributed by atoms with E-state index >= 15 is 0 Å². The van der Waals surface area contributed by atoms with Crippen LogP contribution in [0.1, 0.15) is 26.5 Å². The van der Waals surface area contributed by atoms with Gasteiger partial charge in [-0.15, -0.1) is 12.8 Å². The van der Waals surface area contributed by atoms with Gasteiger partial charge in [0, 0.05) is 18.7 Å². The summed E-state index contributed by atoms with van der Waals surface area (Å²) in [5.41, 5.74) is -1.70. The van der Waals surface area contributed by atoms with Crippen LogP contribution < -0.4 is 11.2 Å². The number of nitrogens with zero attached hydrogens (tertiary/aromatic N) is 1. The zero-order valence-corrected chi connectivity index (χ0v) is 11.6. The average molecular weight is 302 g/mol. The molecule has 21 heavy (non-hydrogen) atoms. The second kappa shape index (κ2) is 8.11. The van der Waals surface area contributed by atoms with Gasteiger partial charge < -0.3 is 9.53 Å². The third-order valence-electron chi connectivity index (χ3n) is 2.39. The molecule has 0 aromatic carbocycles. The van der Waals surface area contributed by atoms with E-state index in [1.165, 1.54) is 0 Å². The van der Waals surface area contributed by atoms with Crippen LogP contribution in [-0.2, 0) is 9.53 Å². The van der Waals surface area contributed by atoms with E-state index in [9.17, 15) is 23.2 Å². The molecule has 1 N–H and O–H groups in total. The van der Waals surface area contributed by atoms with Gasteiger partial charge in [-0.1, -0.05) is 13.8 Å². The first-order valence-corrected chi connectivity index (χ1v) is 6.07. The van der Waals surface area contributed by atoms with E-state index in [1.807, 2.05) is 18.8 Å². The van der Waals surface area contributed by atoms with Crippen molar-refractivity contribution >= 4 is 6.29 Å². The summed E-state index contributed by atoms with van der Waals surface area (Å²) in [5, 5.41) is 0. The summed E-state index contributed by atoms with van der Waals surface area (Å²) >= 11 is 0. The van der Waals surface area contributed by atoms with Gasteiger partial charge in [-0.3, -0.25) is 14.3 Å². The number of carbonyl (C=O) groups excluding carboxylic acids is 1. The smallest absolute Gasteiger partial charge is 0.330 e. The Kier molecular flexibility index (Phi) is 7.24. The van der Waals surface area contributed by atoms with Gasteiger partial charge in [0.25, 0.3) is 11.5 Å². The number of terminal acetylenes is 1. The lowest BCUT2D eigenvalue weighted by Gasteiger charge is -2.19. The maximum Gasteiger partial charge on any atom is 0.330 e. The highest BCUT2D eigenvalue weighted by atomic mass is 19.3. The molecule has 1 saturated heterocycles. The summed E-state index contributed by atoms with van der Waals surface area (Å²) in [6.07, 6.45) is 5.25. The van der Waals surface area contributed by atoms with Crippen molar-refractivity contribution in [2.75, 3.05) is 0 Å². The molecule has 2 atom stereocenters. The number of aromatic nitrogens is 2. The fourth-order valence-corrected chi connectivity index (χ4v) is 1.64. The van der Waals surface area contributed by atoms with Crippen molar-refractivity contribution in [2.45, 2.75) is 38.5 Å². The molecule has 2 rings (SSSR count). The molecule has 0 aliphatic carbocycles. The molecule has 6 nitrogen and oxygen atoms in total. The summed E-state index contributed by atoms with van der Waals surface area (Å²) in [6.45, 7) is 4.00. The average Bonchev–Trinajstić information content (AvgIpc) is 2.78. The molecule has 116 valence electrons. The lowest BCUT2D eigenvalue weighted by atomic mass is 10.2. The zero-order chi connectivity index (χ0) is 16.6. The Morgan fingerprint density at radius 3 is 2.43 bits per heavy atom. The number of H-pyrrole nitrogens is 1. The standard InChI is InChI=1S/C9H8F2N2O4.C2H6.C2H2/c10-9(11)3-5(4-14)17-7(9)13-2-1-6(15)12-8(13)16;2*1-2/h1-2,4-5,7H,3H2,(H,12,15,16);1-2H3;1-2H. The summed E-state index contributed by atoms with van der Waals surface area (Å²) in [6, 6.07) is 0.926.